The molecule has 1 aromatic heterocycles. The molecule has 0 bridgehead atoms. The lowest BCUT2D eigenvalue weighted by Crippen LogP contribution is -2.04. The van der Waals surface area contributed by atoms with E-state index in [0.29, 0.717) is 5.52 Å². The zero-order chi connectivity index (χ0) is 10.3. The number of carboxylic acid groups (broad SMARTS) is 1. The van der Waals surface area contributed by atoms with Gasteiger partial charge in [-0.15, -0.1) is 0 Å². The number of carbonyl (C=O) groups is 1. The third kappa shape index (κ3) is 1.10. The number of hydrogen-bond donors (Lipinski definition) is 2. The number of aromatic carboxylic acids is 1. The van der Waals surface area contributed by atoms with Gasteiger partial charge in [0.05, 0.1) is 16.1 Å². The van der Waals surface area contributed by atoms with Crippen molar-refractivity contribution in [3.05, 3.63) is 33.1 Å². The third-order valence-corrected chi connectivity index (χ3v) is 2.14. The fourth-order valence-electron chi connectivity index (χ4n) is 1.24. The second-order valence-electron chi connectivity index (χ2n) is 2.64. The van der Waals surface area contributed by atoms with Crippen molar-refractivity contribution in [1.29, 1.82) is 0 Å². The molecular formula is C8H4ClNO4. The zero-order valence-electron chi connectivity index (χ0n) is 6.70. The Hall–Kier alpha value is -1.75. The minimum absolute atomic E-state index is 0.0110. The van der Waals surface area contributed by atoms with Crippen molar-refractivity contribution >= 4 is 28.5 Å². The molecule has 0 aliphatic heterocycles. The van der Waals surface area contributed by atoms with Gasteiger partial charge in [0.25, 0.3) is 0 Å². The molecule has 0 fully saturated rings. The molecular weight excluding hydrogens is 210 g/mol. The average molecular weight is 214 g/mol. The summed E-state index contributed by atoms with van der Waals surface area (Å²) in [4.78, 5) is 21.9. The molecule has 5 nitrogen and oxygen atoms in total. The van der Waals surface area contributed by atoms with Gasteiger partial charge in [0.1, 0.15) is 5.39 Å². The number of fused-ring (bicyclic) bond motifs is 1. The van der Waals surface area contributed by atoms with Crippen LogP contribution in [0.2, 0.25) is 5.02 Å². The van der Waals surface area contributed by atoms with Gasteiger partial charge in [-0.3, -0.25) is 0 Å². The Morgan fingerprint density at radius 2 is 2.21 bits per heavy atom. The second kappa shape index (κ2) is 2.88. The highest BCUT2D eigenvalue weighted by Gasteiger charge is 2.18. The first-order chi connectivity index (χ1) is 6.61. The van der Waals surface area contributed by atoms with Crippen LogP contribution in [-0.2, 0) is 0 Å². The Morgan fingerprint density at radius 3 is 2.86 bits per heavy atom. The number of aromatic nitrogens is 1. The fraction of sp³-hybridized carbons (Fsp3) is 0. The lowest BCUT2D eigenvalue weighted by Gasteiger charge is -1.97. The molecule has 0 radical (unpaired) electrons. The first kappa shape index (κ1) is 8.83. The van der Waals surface area contributed by atoms with E-state index in [4.69, 9.17) is 16.7 Å². The number of hydrogen-bond acceptors (Lipinski definition) is 3. The Bertz CT molecular complexity index is 568. The number of rotatable bonds is 1. The summed E-state index contributed by atoms with van der Waals surface area (Å²) in [5.74, 6) is -1.26. The predicted molar refractivity (Wildman–Crippen MR) is 48.8 cm³/mol. The van der Waals surface area contributed by atoms with Crippen molar-refractivity contribution in [2.45, 2.75) is 0 Å². The van der Waals surface area contributed by atoms with E-state index in [1.165, 1.54) is 12.1 Å². The van der Waals surface area contributed by atoms with Crippen LogP contribution >= 0.6 is 11.6 Å². The normalized spacial score (nSPS) is 10.6. The number of aromatic amines is 1. The summed E-state index contributed by atoms with van der Waals surface area (Å²) < 4.78 is 4.46. The molecule has 1 heterocycles. The predicted octanol–water partition coefficient (Wildman–Crippen LogP) is 1.47. The van der Waals surface area contributed by atoms with Crippen LogP contribution in [0.25, 0.3) is 10.9 Å². The molecule has 0 saturated carbocycles. The number of H-pyrrole nitrogens is 1. The Balaban J connectivity index is 3.02. The van der Waals surface area contributed by atoms with Gasteiger partial charge >= 0.3 is 11.6 Å². The molecule has 2 rings (SSSR count). The van der Waals surface area contributed by atoms with Crippen LogP contribution in [0, 0.1) is 0 Å². The molecule has 0 amide bonds. The van der Waals surface area contributed by atoms with E-state index >= 15 is 0 Å². The Labute approximate surface area is 81.9 Å². The Kier molecular flexibility index (Phi) is 1.82. The van der Waals surface area contributed by atoms with Crippen LogP contribution in [0.15, 0.2) is 21.5 Å². The highest BCUT2D eigenvalue weighted by Crippen LogP contribution is 2.22. The highest BCUT2D eigenvalue weighted by atomic mass is 35.5. The minimum Gasteiger partial charge on any atom is -0.478 e. The summed E-state index contributed by atoms with van der Waals surface area (Å²) in [7, 11) is 0. The molecule has 0 aliphatic rings. The van der Waals surface area contributed by atoms with Crippen LogP contribution in [0.4, 0.5) is 0 Å². The molecule has 72 valence electrons. The number of carboxylic acids is 1. The quantitative estimate of drug-likeness (QED) is 0.752. The van der Waals surface area contributed by atoms with E-state index in [1.807, 2.05) is 0 Å². The van der Waals surface area contributed by atoms with Gasteiger partial charge in [-0.2, -0.15) is 0 Å². The Morgan fingerprint density at radius 1 is 1.50 bits per heavy atom. The monoisotopic (exact) mass is 213 g/mol. The molecule has 2 aromatic rings. The average Bonchev–Trinajstić information content (AvgIpc) is 2.47. The standard InChI is InChI=1S/C8H4ClNO4/c9-3-1-2-4-6(5(3)7(11)12)8(13)14-10-4/h1-2,10H,(H,11,12). The van der Waals surface area contributed by atoms with Gasteiger partial charge in [0.2, 0.25) is 0 Å². The molecule has 6 heteroatoms. The van der Waals surface area contributed by atoms with Gasteiger partial charge in [0.15, 0.2) is 0 Å². The number of halogens is 1. The van der Waals surface area contributed by atoms with Crippen LogP contribution in [0.1, 0.15) is 10.4 Å². The van der Waals surface area contributed by atoms with Gasteiger partial charge in [0, 0.05) is 0 Å². The molecule has 0 atom stereocenters. The number of benzene rings is 1. The summed E-state index contributed by atoms with van der Waals surface area (Å²) in [5, 5.41) is 11.1. The van der Waals surface area contributed by atoms with E-state index in [1.54, 1.807) is 0 Å². The first-order valence-corrected chi connectivity index (χ1v) is 4.02. The van der Waals surface area contributed by atoms with Crippen LogP contribution in [0.5, 0.6) is 0 Å². The lowest BCUT2D eigenvalue weighted by molar-refractivity contribution is 0.0699. The van der Waals surface area contributed by atoms with Crippen LogP contribution in [-0.4, -0.2) is 16.2 Å². The van der Waals surface area contributed by atoms with Crippen molar-refractivity contribution in [3.8, 4) is 0 Å². The van der Waals surface area contributed by atoms with Gasteiger partial charge in [-0.05, 0) is 12.1 Å². The van der Waals surface area contributed by atoms with Crippen LogP contribution in [0.3, 0.4) is 0 Å². The van der Waals surface area contributed by atoms with Crippen molar-refractivity contribution in [3.63, 3.8) is 0 Å². The zero-order valence-corrected chi connectivity index (χ0v) is 7.46. The minimum atomic E-state index is -1.26. The van der Waals surface area contributed by atoms with Crippen LogP contribution < -0.4 is 5.63 Å². The van der Waals surface area contributed by atoms with E-state index < -0.39 is 11.6 Å². The second-order valence-corrected chi connectivity index (χ2v) is 3.05. The SMILES string of the molecule is O=C(O)c1c(Cl)ccc2[nH]oc(=O)c12. The summed E-state index contributed by atoms with van der Waals surface area (Å²) in [6.07, 6.45) is 0. The first-order valence-electron chi connectivity index (χ1n) is 3.64. The topological polar surface area (TPSA) is 83.3 Å². The van der Waals surface area contributed by atoms with E-state index in [0.717, 1.165) is 0 Å². The summed E-state index contributed by atoms with van der Waals surface area (Å²) in [6.45, 7) is 0. The molecule has 0 unspecified atom stereocenters. The summed E-state index contributed by atoms with van der Waals surface area (Å²) in [6, 6.07) is 2.87. The van der Waals surface area contributed by atoms with Crippen molar-refractivity contribution in [1.82, 2.24) is 5.16 Å². The summed E-state index contributed by atoms with van der Waals surface area (Å²) in [5.41, 5.74) is -0.657. The molecule has 0 spiro atoms. The van der Waals surface area contributed by atoms with Crippen molar-refractivity contribution in [2.75, 3.05) is 0 Å². The summed E-state index contributed by atoms with van der Waals surface area (Å²) >= 11 is 5.65. The maximum atomic E-state index is 11.1. The lowest BCUT2D eigenvalue weighted by atomic mass is 10.1. The molecule has 0 aliphatic carbocycles. The van der Waals surface area contributed by atoms with Gasteiger partial charge in [-0.25, -0.2) is 14.7 Å². The molecule has 0 saturated heterocycles. The largest absolute Gasteiger partial charge is 0.478 e. The van der Waals surface area contributed by atoms with Gasteiger partial charge < -0.3 is 9.63 Å². The smallest absolute Gasteiger partial charge is 0.365 e. The van der Waals surface area contributed by atoms with E-state index in [9.17, 15) is 9.59 Å². The highest BCUT2D eigenvalue weighted by molar-refractivity contribution is 6.35. The molecule has 14 heavy (non-hydrogen) atoms. The van der Waals surface area contributed by atoms with Crippen molar-refractivity contribution < 1.29 is 14.4 Å². The fourth-order valence-corrected chi connectivity index (χ4v) is 1.47. The molecule has 2 N–H and O–H groups in total. The van der Waals surface area contributed by atoms with E-state index in [2.05, 4.69) is 9.68 Å². The maximum absolute atomic E-state index is 11.1. The molecule has 1 aromatic carbocycles. The maximum Gasteiger partial charge on any atom is 0.365 e. The van der Waals surface area contributed by atoms with Crippen molar-refractivity contribution in [2.24, 2.45) is 0 Å². The third-order valence-electron chi connectivity index (χ3n) is 1.83. The van der Waals surface area contributed by atoms with E-state index in [-0.39, 0.29) is 16.0 Å². The van der Waals surface area contributed by atoms with Gasteiger partial charge in [-0.1, -0.05) is 11.6 Å². The number of nitrogens with one attached hydrogen (secondary N) is 1.